The molecule has 3 unspecified atom stereocenters. The number of hydrogen-bond donors (Lipinski definition) is 0. The molecule has 2 bridgehead atoms. The van der Waals surface area contributed by atoms with Crippen LogP contribution in [0.4, 0.5) is 0 Å². The molecule has 0 aliphatic carbocycles. The zero-order chi connectivity index (χ0) is 17.8. The molecule has 0 spiro atoms. The van der Waals surface area contributed by atoms with Crippen LogP contribution >= 0.6 is 0 Å². The van der Waals surface area contributed by atoms with Crippen molar-refractivity contribution in [1.29, 1.82) is 0 Å². The van der Waals surface area contributed by atoms with E-state index in [1.54, 1.807) is 0 Å². The van der Waals surface area contributed by atoms with E-state index in [1.807, 2.05) is 0 Å². The smallest absolute Gasteiger partial charge is 0.399 e. The van der Waals surface area contributed by atoms with Crippen LogP contribution in [0.2, 0.25) is 0 Å². The molecular weight excluding hydrogens is 331 g/mol. The maximum atomic E-state index is 12.4. The van der Waals surface area contributed by atoms with Gasteiger partial charge < -0.3 is 9.31 Å². The lowest BCUT2D eigenvalue weighted by Gasteiger charge is -2.33. The molecular formula is C20H27BO3S. The highest BCUT2D eigenvalue weighted by Crippen LogP contribution is 2.38. The van der Waals surface area contributed by atoms with E-state index in [1.165, 1.54) is 17.6 Å². The Morgan fingerprint density at radius 2 is 1.84 bits per heavy atom. The molecule has 0 aromatic heterocycles. The van der Waals surface area contributed by atoms with E-state index < -0.39 is 10.8 Å². The van der Waals surface area contributed by atoms with Crippen molar-refractivity contribution in [2.75, 3.05) is 0 Å². The quantitative estimate of drug-likeness (QED) is 0.760. The molecule has 25 heavy (non-hydrogen) atoms. The van der Waals surface area contributed by atoms with Gasteiger partial charge in [0.2, 0.25) is 0 Å². The highest BCUT2D eigenvalue weighted by Gasteiger charge is 2.51. The monoisotopic (exact) mass is 358 g/mol. The summed E-state index contributed by atoms with van der Waals surface area (Å²) in [6.07, 6.45) is 6.55. The fraction of sp³-hybridized carbons (Fsp3) is 0.600. The van der Waals surface area contributed by atoms with Crippen LogP contribution in [0.15, 0.2) is 30.3 Å². The fourth-order valence-electron chi connectivity index (χ4n) is 3.98. The Hall–Kier alpha value is -0.905. The van der Waals surface area contributed by atoms with Gasteiger partial charge in [0.25, 0.3) is 0 Å². The van der Waals surface area contributed by atoms with Crippen LogP contribution in [-0.2, 0) is 20.1 Å². The van der Waals surface area contributed by atoms with Crippen LogP contribution in [0.3, 0.4) is 0 Å². The van der Waals surface area contributed by atoms with Gasteiger partial charge in [0.1, 0.15) is 0 Å². The van der Waals surface area contributed by atoms with Gasteiger partial charge >= 0.3 is 7.12 Å². The van der Waals surface area contributed by atoms with Gasteiger partial charge in [-0.15, -0.1) is 0 Å². The number of fused-ring (bicyclic) bond motifs is 2. The molecule has 3 aliphatic heterocycles. The van der Waals surface area contributed by atoms with E-state index in [0.29, 0.717) is 5.25 Å². The number of hydrogen-bond acceptors (Lipinski definition) is 3. The van der Waals surface area contributed by atoms with Crippen molar-refractivity contribution in [3.63, 3.8) is 0 Å². The Labute approximate surface area is 153 Å². The van der Waals surface area contributed by atoms with Gasteiger partial charge in [-0.1, -0.05) is 36.8 Å². The Morgan fingerprint density at radius 1 is 1.12 bits per heavy atom. The summed E-state index contributed by atoms with van der Waals surface area (Å²) in [5, 5.41) is 0.572. The first-order valence-corrected chi connectivity index (χ1v) is 10.6. The first kappa shape index (κ1) is 17.5. The Balaban J connectivity index is 1.62. The lowest BCUT2D eigenvalue weighted by Crippen LogP contribution is -2.41. The van der Waals surface area contributed by atoms with Gasteiger partial charge in [0, 0.05) is 16.0 Å². The van der Waals surface area contributed by atoms with E-state index in [-0.39, 0.29) is 23.6 Å². The van der Waals surface area contributed by atoms with E-state index in [9.17, 15) is 4.21 Å². The van der Waals surface area contributed by atoms with Crippen molar-refractivity contribution in [2.24, 2.45) is 0 Å². The topological polar surface area (TPSA) is 35.5 Å². The van der Waals surface area contributed by atoms with Crippen LogP contribution in [0.25, 0.3) is 5.57 Å². The lowest BCUT2D eigenvalue weighted by molar-refractivity contribution is 0.00578. The predicted octanol–water partition coefficient (Wildman–Crippen LogP) is 3.44. The molecule has 0 amide bonds. The molecule has 4 rings (SSSR count). The fourth-order valence-corrected chi connectivity index (χ4v) is 5.91. The Bertz CT molecular complexity index is 724. The maximum Gasteiger partial charge on any atom is 0.494 e. The van der Waals surface area contributed by atoms with Gasteiger partial charge in [0.05, 0.1) is 16.5 Å². The second kappa shape index (κ2) is 6.07. The first-order valence-electron chi connectivity index (χ1n) is 9.33. The standard InChI is InChI=1S/C20H27BO3S/c1-19(2)20(3,4)24-21(23-19)16-8-5-7-14(11-16)15-12-17-9-6-10-18(13-15)25(17)22/h5,7-8,11-12,17-18H,6,9-10,13H2,1-4H3. The number of rotatable bonds is 2. The molecule has 2 saturated heterocycles. The Kier molecular flexibility index (Phi) is 4.25. The molecule has 1 aromatic carbocycles. The largest absolute Gasteiger partial charge is 0.494 e. The van der Waals surface area contributed by atoms with Crippen molar-refractivity contribution < 1.29 is 13.5 Å². The summed E-state index contributed by atoms with van der Waals surface area (Å²) in [5.74, 6) is 0. The van der Waals surface area contributed by atoms with E-state index in [0.717, 1.165) is 24.7 Å². The van der Waals surface area contributed by atoms with Crippen molar-refractivity contribution in [3.8, 4) is 0 Å². The molecule has 134 valence electrons. The predicted molar refractivity (Wildman–Crippen MR) is 104 cm³/mol. The second-order valence-corrected chi connectivity index (χ2v) is 10.5. The zero-order valence-corrected chi connectivity index (χ0v) is 16.4. The highest BCUT2D eigenvalue weighted by atomic mass is 32.2. The minimum atomic E-state index is -0.684. The molecule has 0 saturated carbocycles. The van der Waals surface area contributed by atoms with Crippen LogP contribution in [0.1, 0.15) is 58.9 Å². The summed E-state index contributed by atoms with van der Waals surface area (Å²) in [4.78, 5) is 0. The normalized spacial score (nSPS) is 33.2. The number of allylic oxidation sites excluding steroid dienone is 1. The highest BCUT2D eigenvalue weighted by molar-refractivity contribution is 7.86. The minimum Gasteiger partial charge on any atom is -0.399 e. The summed E-state index contributed by atoms with van der Waals surface area (Å²) >= 11 is 0. The molecule has 3 aliphatic rings. The third kappa shape index (κ3) is 3.05. The average Bonchev–Trinajstić information content (AvgIpc) is 2.75. The maximum absolute atomic E-state index is 12.4. The van der Waals surface area contributed by atoms with Crippen LogP contribution in [0.5, 0.6) is 0 Å². The van der Waals surface area contributed by atoms with Crippen LogP contribution < -0.4 is 5.46 Å². The molecule has 0 N–H and O–H groups in total. The third-order valence-electron chi connectivity index (χ3n) is 6.26. The van der Waals surface area contributed by atoms with Gasteiger partial charge in [-0.25, -0.2) is 0 Å². The lowest BCUT2D eigenvalue weighted by atomic mass is 9.77. The molecule has 0 radical (unpaired) electrons. The van der Waals surface area contributed by atoms with Gasteiger partial charge in [-0.2, -0.15) is 0 Å². The molecule has 3 nitrogen and oxygen atoms in total. The molecule has 3 atom stereocenters. The second-order valence-electron chi connectivity index (χ2n) is 8.53. The van der Waals surface area contributed by atoms with Gasteiger partial charge in [0.15, 0.2) is 0 Å². The molecule has 5 heteroatoms. The van der Waals surface area contributed by atoms with Gasteiger partial charge in [-0.05, 0) is 63.6 Å². The van der Waals surface area contributed by atoms with Crippen LogP contribution in [0, 0.1) is 0 Å². The summed E-state index contributed by atoms with van der Waals surface area (Å²) in [5.41, 5.74) is 2.97. The van der Waals surface area contributed by atoms with Crippen molar-refractivity contribution in [3.05, 3.63) is 35.9 Å². The number of benzene rings is 1. The summed E-state index contributed by atoms with van der Waals surface area (Å²) < 4.78 is 24.8. The van der Waals surface area contributed by atoms with Crippen molar-refractivity contribution >= 4 is 29.0 Å². The van der Waals surface area contributed by atoms with E-state index in [2.05, 4.69) is 58.0 Å². The van der Waals surface area contributed by atoms with E-state index >= 15 is 0 Å². The molecule has 3 heterocycles. The third-order valence-corrected chi connectivity index (χ3v) is 8.29. The van der Waals surface area contributed by atoms with E-state index in [4.69, 9.17) is 9.31 Å². The summed E-state index contributed by atoms with van der Waals surface area (Å²) in [6.45, 7) is 8.32. The van der Waals surface area contributed by atoms with Crippen molar-refractivity contribution in [2.45, 2.75) is 75.1 Å². The van der Waals surface area contributed by atoms with Crippen molar-refractivity contribution in [1.82, 2.24) is 0 Å². The summed E-state index contributed by atoms with van der Waals surface area (Å²) in [6, 6.07) is 8.51. The average molecular weight is 358 g/mol. The first-order chi connectivity index (χ1) is 11.8. The molecule has 2 fully saturated rings. The zero-order valence-electron chi connectivity index (χ0n) is 15.6. The Morgan fingerprint density at radius 3 is 2.52 bits per heavy atom. The minimum absolute atomic E-state index is 0.239. The van der Waals surface area contributed by atoms with Gasteiger partial charge in [-0.3, -0.25) is 4.21 Å². The SMILES string of the molecule is CC1(C)OB(c2cccc(C3=CC4CCCC(C3)S4=O)c2)OC1(C)C. The van der Waals surface area contributed by atoms with Crippen LogP contribution in [-0.4, -0.2) is 33.0 Å². The summed E-state index contributed by atoms with van der Waals surface area (Å²) in [7, 11) is -1.02. The molecule has 1 aromatic rings.